The number of halogens is 1. The molecule has 1 aliphatic carbocycles. The number of carboxylic acid groups (broad SMARTS) is 1. The zero-order chi connectivity index (χ0) is 22.5. The first-order valence-corrected chi connectivity index (χ1v) is 11.5. The number of benzene rings is 2. The average molecular weight is 441 g/mol. The summed E-state index contributed by atoms with van der Waals surface area (Å²) in [6.07, 6.45) is 3.05. The van der Waals surface area contributed by atoms with Crippen molar-refractivity contribution in [3.05, 3.63) is 47.0 Å². The largest absolute Gasteiger partial charge is 0.479 e. The molecule has 170 valence electrons. The Labute approximate surface area is 186 Å². The standard InChI is InChI=1S/C25H29FN2O4/c26-25(24(31)32)9-11-27(12-10-25)14-16-13-19-20(18-6-2-1-5-17(16)18)15-28(23(19)30)21-7-3-4-8-22(21)29/h1-2,5-6,13,21-22,29H,3-4,7-12,14-15H2,(H,31,32). The number of carbonyl (C=O) groups excluding carboxylic acids is 1. The first-order valence-electron chi connectivity index (χ1n) is 11.5. The zero-order valence-corrected chi connectivity index (χ0v) is 18.1. The molecule has 2 unspecified atom stereocenters. The Bertz CT molecular complexity index is 1060. The molecule has 0 radical (unpaired) electrons. The highest BCUT2D eigenvalue weighted by molar-refractivity contribution is 6.05. The van der Waals surface area contributed by atoms with Crippen molar-refractivity contribution in [2.24, 2.45) is 0 Å². The smallest absolute Gasteiger partial charge is 0.341 e. The Kier molecular flexibility index (Phi) is 5.42. The van der Waals surface area contributed by atoms with E-state index in [2.05, 4.69) is 4.90 Å². The number of rotatable bonds is 4. The molecule has 0 aromatic heterocycles. The molecule has 0 spiro atoms. The summed E-state index contributed by atoms with van der Waals surface area (Å²) in [6, 6.07) is 9.86. The maximum absolute atomic E-state index is 14.4. The highest BCUT2D eigenvalue weighted by Crippen LogP contribution is 2.37. The number of piperidine rings is 1. The van der Waals surface area contributed by atoms with Crippen LogP contribution < -0.4 is 0 Å². The van der Waals surface area contributed by atoms with Crippen LogP contribution in [0.4, 0.5) is 4.39 Å². The third-order valence-corrected chi connectivity index (χ3v) is 7.58. The number of likely N-dealkylation sites (tertiary alicyclic amines) is 1. The second-order valence-corrected chi connectivity index (χ2v) is 9.51. The molecule has 1 saturated heterocycles. The van der Waals surface area contributed by atoms with Gasteiger partial charge >= 0.3 is 5.97 Å². The van der Waals surface area contributed by atoms with Gasteiger partial charge in [0.05, 0.1) is 12.1 Å². The van der Waals surface area contributed by atoms with E-state index in [4.69, 9.17) is 5.11 Å². The molecule has 0 bridgehead atoms. The number of hydrogen-bond acceptors (Lipinski definition) is 4. The molecule has 1 amide bonds. The van der Waals surface area contributed by atoms with Crippen molar-refractivity contribution in [3.8, 4) is 0 Å². The number of alkyl halides is 1. The second kappa shape index (κ2) is 8.12. The molecule has 2 heterocycles. The van der Waals surface area contributed by atoms with Crippen LogP contribution in [0.3, 0.4) is 0 Å². The minimum Gasteiger partial charge on any atom is -0.479 e. The van der Waals surface area contributed by atoms with E-state index in [9.17, 15) is 19.1 Å². The highest BCUT2D eigenvalue weighted by Gasteiger charge is 2.42. The number of aliphatic carboxylic acids is 1. The van der Waals surface area contributed by atoms with E-state index >= 15 is 0 Å². The van der Waals surface area contributed by atoms with Crippen LogP contribution in [0.5, 0.6) is 0 Å². The van der Waals surface area contributed by atoms with Crippen molar-refractivity contribution in [1.82, 2.24) is 9.80 Å². The van der Waals surface area contributed by atoms with Gasteiger partial charge in [-0.3, -0.25) is 9.69 Å². The number of aliphatic hydroxyl groups is 1. The van der Waals surface area contributed by atoms with Gasteiger partial charge in [0.15, 0.2) is 0 Å². The summed E-state index contributed by atoms with van der Waals surface area (Å²) in [7, 11) is 0. The summed E-state index contributed by atoms with van der Waals surface area (Å²) in [5.41, 5.74) is 0.562. The number of amides is 1. The van der Waals surface area contributed by atoms with Crippen molar-refractivity contribution in [2.45, 2.75) is 69.4 Å². The Morgan fingerprint density at radius 1 is 1.12 bits per heavy atom. The van der Waals surface area contributed by atoms with Crippen LogP contribution >= 0.6 is 0 Å². The van der Waals surface area contributed by atoms with Crippen LogP contribution in [0.25, 0.3) is 10.8 Å². The third-order valence-electron chi connectivity index (χ3n) is 7.58. The average Bonchev–Trinajstić information content (AvgIpc) is 3.12. The van der Waals surface area contributed by atoms with Gasteiger partial charge in [-0.2, -0.15) is 0 Å². The molecule has 2 atom stereocenters. The van der Waals surface area contributed by atoms with Crippen LogP contribution in [0, 0.1) is 0 Å². The summed E-state index contributed by atoms with van der Waals surface area (Å²) in [6.45, 7) is 1.79. The second-order valence-electron chi connectivity index (χ2n) is 9.51. The SMILES string of the molecule is O=C1c2cc(CN3CCC(F)(C(=O)O)CC3)c3ccccc3c2CN1C1CCCCC1O. The van der Waals surface area contributed by atoms with Gasteiger partial charge in [-0.05, 0) is 40.8 Å². The van der Waals surface area contributed by atoms with Crippen LogP contribution in [0.1, 0.15) is 60.0 Å². The minimum absolute atomic E-state index is 0.0229. The van der Waals surface area contributed by atoms with Crippen LogP contribution in [-0.2, 0) is 17.9 Å². The molecular weight excluding hydrogens is 411 g/mol. The summed E-state index contributed by atoms with van der Waals surface area (Å²) in [4.78, 5) is 28.5. The highest BCUT2D eigenvalue weighted by atomic mass is 19.1. The van der Waals surface area contributed by atoms with Gasteiger partial charge in [-0.1, -0.05) is 37.1 Å². The van der Waals surface area contributed by atoms with Crippen molar-refractivity contribution >= 4 is 22.6 Å². The molecule has 32 heavy (non-hydrogen) atoms. The third kappa shape index (κ3) is 3.57. The molecule has 2 aliphatic heterocycles. The van der Waals surface area contributed by atoms with E-state index in [0.29, 0.717) is 31.7 Å². The van der Waals surface area contributed by atoms with Crippen LogP contribution in [-0.4, -0.2) is 62.8 Å². The molecule has 2 fully saturated rings. The molecule has 2 aromatic carbocycles. The topological polar surface area (TPSA) is 81.1 Å². The molecule has 2 aromatic rings. The normalized spacial score (nSPS) is 25.8. The van der Waals surface area contributed by atoms with E-state index in [1.54, 1.807) is 0 Å². The maximum atomic E-state index is 14.4. The van der Waals surface area contributed by atoms with Crippen LogP contribution in [0.2, 0.25) is 0 Å². The number of fused-ring (bicyclic) bond motifs is 3. The molecule has 1 saturated carbocycles. The number of hydrogen-bond donors (Lipinski definition) is 2. The number of carbonyl (C=O) groups is 2. The summed E-state index contributed by atoms with van der Waals surface area (Å²) in [5, 5.41) is 21.8. The zero-order valence-electron chi connectivity index (χ0n) is 18.1. The predicted molar refractivity (Wildman–Crippen MR) is 118 cm³/mol. The molecule has 6 nitrogen and oxygen atoms in total. The van der Waals surface area contributed by atoms with Crippen molar-refractivity contribution in [2.75, 3.05) is 13.1 Å². The lowest BCUT2D eigenvalue weighted by molar-refractivity contribution is -0.154. The lowest BCUT2D eigenvalue weighted by atomic mass is 9.91. The first-order chi connectivity index (χ1) is 15.4. The Morgan fingerprint density at radius 2 is 1.81 bits per heavy atom. The van der Waals surface area contributed by atoms with Gasteiger partial charge in [0.1, 0.15) is 0 Å². The van der Waals surface area contributed by atoms with Gasteiger partial charge in [-0.15, -0.1) is 0 Å². The summed E-state index contributed by atoms with van der Waals surface area (Å²) < 4.78 is 14.4. The lowest BCUT2D eigenvalue weighted by Gasteiger charge is -2.35. The van der Waals surface area contributed by atoms with Gasteiger partial charge < -0.3 is 15.1 Å². The predicted octanol–water partition coefficient (Wildman–Crippen LogP) is 3.49. The maximum Gasteiger partial charge on any atom is 0.341 e. The van der Waals surface area contributed by atoms with Gasteiger partial charge in [0.2, 0.25) is 5.67 Å². The van der Waals surface area contributed by atoms with E-state index < -0.39 is 17.7 Å². The van der Waals surface area contributed by atoms with Crippen LogP contribution in [0.15, 0.2) is 30.3 Å². The van der Waals surface area contributed by atoms with Gasteiger partial charge in [0.25, 0.3) is 5.91 Å². The minimum atomic E-state index is -2.15. The van der Waals surface area contributed by atoms with Crippen molar-refractivity contribution in [3.63, 3.8) is 0 Å². The number of aliphatic hydroxyl groups excluding tert-OH is 1. The Balaban J connectivity index is 1.44. The monoisotopic (exact) mass is 440 g/mol. The molecular formula is C25H29FN2O4. The molecule has 2 N–H and O–H groups in total. The van der Waals surface area contributed by atoms with E-state index in [0.717, 1.165) is 47.6 Å². The van der Waals surface area contributed by atoms with Gasteiger partial charge in [-0.25, -0.2) is 9.18 Å². The fourth-order valence-corrected chi connectivity index (χ4v) is 5.64. The molecule has 5 rings (SSSR count). The lowest BCUT2D eigenvalue weighted by Crippen LogP contribution is -2.46. The fraction of sp³-hybridized carbons (Fsp3) is 0.520. The Hall–Kier alpha value is -2.51. The summed E-state index contributed by atoms with van der Waals surface area (Å²) >= 11 is 0. The summed E-state index contributed by atoms with van der Waals surface area (Å²) in [5.74, 6) is -1.40. The fourth-order valence-electron chi connectivity index (χ4n) is 5.64. The van der Waals surface area contributed by atoms with Crippen molar-refractivity contribution < 1.29 is 24.2 Å². The number of carboxylic acids is 1. The van der Waals surface area contributed by atoms with E-state index in [1.807, 2.05) is 35.2 Å². The molecule has 7 heteroatoms. The molecule has 3 aliphatic rings. The van der Waals surface area contributed by atoms with E-state index in [1.165, 1.54) is 0 Å². The van der Waals surface area contributed by atoms with Gasteiger partial charge in [0, 0.05) is 44.6 Å². The number of nitrogens with zero attached hydrogens (tertiary/aromatic N) is 2. The Morgan fingerprint density at radius 3 is 2.50 bits per heavy atom. The first kappa shape index (κ1) is 21.3. The quantitative estimate of drug-likeness (QED) is 0.761. The van der Waals surface area contributed by atoms with E-state index in [-0.39, 0.29) is 24.8 Å². The van der Waals surface area contributed by atoms with Crippen molar-refractivity contribution in [1.29, 1.82) is 0 Å².